The van der Waals surface area contributed by atoms with Crippen LogP contribution in [0.5, 0.6) is 0 Å². The maximum absolute atomic E-state index is 12.9. The zero-order chi connectivity index (χ0) is 24.1. The van der Waals surface area contributed by atoms with Gasteiger partial charge in [-0.05, 0) is 66.8 Å². The summed E-state index contributed by atoms with van der Waals surface area (Å²) >= 11 is 0. The molecule has 1 amide bonds. The second kappa shape index (κ2) is 10.1. The van der Waals surface area contributed by atoms with Crippen LogP contribution in [0.15, 0.2) is 83.8 Å². The molecule has 7 nitrogen and oxygen atoms in total. The molecule has 0 bridgehead atoms. The summed E-state index contributed by atoms with van der Waals surface area (Å²) in [4.78, 5) is 24.8. The Hall–Kier alpha value is -3.65. The molecule has 1 aliphatic carbocycles. The van der Waals surface area contributed by atoms with Gasteiger partial charge in [0.1, 0.15) is 0 Å². The highest BCUT2D eigenvalue weighted by molar-refractivity contribution is 7.92. The van der Waals surface area contributed by atoms with Gasteiger partial charge in [-0.2, -0.15) is 0 Å². The number of sulfonamides is 1. The fourth-order valence-electron chi connectivity index (χ4n) is 4.05. The SMILES string of the molecule is CN(c1ccccc1)S(=O)(=O)c1ccc(C(=O)OCC(=O)NC2CCCc3ccccc32)cc1. The van der Waals surface area contributed by atoms with Crippen molar-refractivity contribution in [3.05, 3.63) is 95.6 Å². The van der Waals surface area contributed by atoms with Crippen LogP contribution in [0, 0.1) is 0 Å². The van der Waals surface area contributed by atoms with E-state index in [4.69, 9.17) is 4.74 Å². The van der Waals surface area contributed by atoms with Crippen LogP contribution in [0.4, 0.5) is 5.69 Å². The zero-order valence-corrected chi connectivity index (χ0v) is 19.6. The van der Waals surface area contributed by atoms with Crippen LogP contribution in [0.3, 0.4) is 0 Å². The lowest BCUT2D eigenvalue weighted by atomic mass is 9.88. The van der Waals surface area contributed by atoms with Gasteiger partial charge in [0.15, 0.2) is 6.61 Å². The number of carbonyl (C=O) groups excluding carboxylic acids is 2. The number of carbonyl (C=O) groups is 2. The van der Waals surface area contributed by atoms with E-state index in [0.717, 1.165) is 24.8 Å². The molecule has 8 heteroatoms. The Bertz CT molecular complexity index is 1270. The van der Waals surface area contributed by atoms with Gasteiger partial charge in [0, 0.05) is 7.05 Å². The first-order valence-electron chi connectivity index (χ1n) is 11.0. The van der Waals surface area contributed by atoms with Gasteiger partial charge >= 0.3 is 5.97 Å². The van der Waals surface area contributed by atoms with E-state index in [1.54, 1.807) is 30.3 Å². The summed E-state index contributed by atoms with van der Waals surface area (Å²) in [6.45, 7) is -0.408. The molecule has 0 saturated carbocycles. The molecule has 0 heterocycles. The summed E-state index contributed by atoms with van der Waals surface area (Å²) in [5.74, 6) is -1.07. The number of esters is 1. The predicted molar refractivity (Wildman–Crippen MR) is 129 cm³/mol. The van der Waals surface area contributed by atoms with Crippen molar-refractivity contribution in [3.63, 3.8) is 0 Å². The third-order valence-corrected chi connectivity index (χ3v) is 7.71. The standard InChI is InChI=1S/C26H26N2O5S/c1-28(21-10-3-2-4-11-21)34(31,32)22-16-14-20(15-17-22)26(30)33-18-25(29)27-24-13-7-9-19-8-5-6-12-23(19)24/h2-6,8,10-12,14-17,24H,7,9,13,18H2,1H3,(H,27,29). The molecule has 3 aromatic carbocycles. The number of anilines is 1. The van der Waals surface area contributed by atoms with Crippen molar-refractivity contribution in [1.29, 1.82) is 0 Å². The molecule has 4 rings (SSSR count). The fraction of sp³-hybridized carbons (Fsp3) is 0.231. The molecule has 1 unspecified atom stereocenters. The van der Waals surface area contributed by atoms with E-state index >= 15 is 0 Å². The van der Waals surface area contributed by atoms with Gasteiger partial charge < -0.3 is 10.1 Å². The highest BCUT2D eigenvalue weighted by Crippen LogP contribution is 2.29. The number of hydrogen-bond donors (Lipinski definition) is 1. The number of fused-ring (bicyclic) bond motifs is 1. The van der Waals surface area contributed by atoms with E-state index in [9.17, 15) is 18.0 Å². The lowest BCUT2D eigenvalue weighted by molar-refractivity contribution is -0.125. The van der Waals surface area contributed by atoms with Crippen molar-refractivity contribution in [2.75, 3.05) is 18.0 Å². The van der Waals surface area contributed by atoms with Crippen molar-refractivity contribution in [1.82, 2.24) is 5.32 Å². The average Bonchev–Trinajstić information content (AvgIpc) is 2.87. The Labute approximate surface area is 199 Å². The molecule has 0 aromatic heterocycles. The molecule has 0 fully saturated rings. The van der Waals surface area contributed by atoms with Crippen LogP contribution in [0.1, 0.15) is 40.4 Å². The smallest absolute Gasteiger partial charge is 0.338 e. The molecule has 1 atom stereocenters. The minimum Gasteiger partial charge on any atom is -0.452 e. The minimum absolute atomic E-state index is 0.0455. The molecule has 34 heavy (non-hydrogen) atoms. The van der Waals surface area contributed by atoms with E-state index < -0.39 is 22.6 Å². The molecule has 0 aliphatic heterocycles. The first kappa shape index (κ1) is 23.5. The molecule has 176 valence electrons. The Morgan fingerprint density at radius 2 is 1.65 bits per heavy atom. The summed E-state index contributed by atoms with van der Waals surface area (Å²) < 4.78 is 32.1. The molecular weight excluding hydrogens is 452 g/mol. The Kier molecular flexibility index (Phi) is 6.98. The maximum Gasteiger partial charge on any atom is 0.338 e. The van der Waals surface area contributed by atoms with E-state index in [1.165, 1.54) is 41.2 Å². The normalized spacial score (nSPS) is 15.1. The van der Waals surface area contributed by atoms with Gasteiger partial charge in [0.25, 0.3) is 15.9 Å². The van der Waals surface area contributed by atoms with Crippen molar-refractivity contribution < 1.29 is 22.7 Å². The van der Waals surface area contributed by atoms with Gasteiger partial charge in [0.2, 0.25) is 0 Å². The number of rotatable bonds is 7. The molecule has 3 aromatic rings. The number of amides is 1. The van der Waals surface area contributed by atoms with Crippen LogP contribution in [0.2, 0.25) is 0 Å². The van der Waals surface area contributed by atoms with E-state index in [2.05, 4.69) is 11.4 Å². The fourth-order valence-corrected chi connectivity index (χ4v) is 5.25. The lowest BCUT2D eigenvalue weighted by Gasteiger charge is -2.26. The molecular formula is C26H26N2O5S. The van der Waals surface area contributed by atoms with Gasteiger partial charge in [-0.15, -0.1) is 0 Å². The summed E-state index contributed by atoms with van der Waals surface area (Å²) in [7, 11) is -2.32. The van der Waals surface area contributed by atoms with Crippen molar-refractivity contribution in [2.45, 2.75) is 30.2 Å². The highest BCUT2D eigenvalue weighted by Gasteiger charge is 2.23. The molecule has 0 saturated heterocycles. The van der Waals surface area contributed by atoms with Crippen molar-refractivity contribution in [3.8, 4) is 0 Å². The number of nitrogens with one attached hydrogen (secondary N) is 1. The average molecular weight is 479 g/mol. The molecule has 0 radical (unpaired) electrons. The Morgan fingerprint density at radius 1 is 0.971 bits per heavy atom. The predicted octanol–water partition coefficient (Wildman–Crippen LogP) is 3.86. The number of hydrogen-bond acceptors (Lipinski definition) is 5. The topological polar surface area (TPSA) is 92.8 Å². The van der Waals surface area contributed by atoms with E-state index in [-0.39, 0.29) is 22.4 Å². The third kappa shape index (κ3) is 5.12. The third-order valence-electron chi connectivity index (χ3n) is 5.91. The Balaban J connectivity index is 1.35. The number of nitrogens with zero attached hydrogens (tertiary/aromatic N) is 1. The summed E-state index contributed by atoms with van der Waals surface area (Å²) in [6, 6.07) is 22.1. The first-order chi connectivity index (χ1) is 16.4. The second-order valence-corrected chi connectivity index (χ2v) is 10.1. The Morgan fingerprint density at radius 3 is 2.38 bits per heavy atom. The minimum atomic E-state index is -3.78. The number of benzene rings is 3. The van der Waals surface area contributed by atoms with Crippen LogP contribution in [0.25, 0.3) is 0 Å². The van der Waals surface area contributed by atoms with Crippen LogP contribution < -0.4 is 9.62 Å². The summed E-state index contributed by atoms with van der Waals surface area (Å²) in [5.41, 5.74) is 3.02. The first-order valence-corrected chi connectivity index (χ1v) is 12.5. The van der Waals surface area contributed by atoms with Crippen LogP contribution in [-0.2, 0) is 26.0 Å². The van der Waals surface area contributed by atoms with Gasteiger partial charge in [0.05, 0.1) is 22.2 Å². The zero-order valence-electron chi connectivity index (χ0n) is 18.8. The van der Waals surface area contributed by atoms with Crippen molar-refractivity contribution >= 4 is 27.6 Å². The van der Waals surface area contributed by atoms with Crippen LogP contribution >= 0.6 is 0 Å². The largest absolute Gasteiger partial charge is 0.452 e. The monoisotopic (exact) mass is 478 g/mol. The molecule has 0 spiro atoms. The number of ether oxygens (including phenoxy) is 1. The second-order valence-electron chi connectivity index (χ2n) is 8.12. The number of aryl methyl sites for hydroxylation is 1. The summed E-state index contributed by atoms with van der Waals surface area (Å²) in [5, 5.41) is 2.94. The van der Waals surface area contributed by atoms with Gasteiger partial charge in [-0.1, -0.05) is 42.5 Å². The molecule has 1 N–H and O–H groups in total. The van der Waals surface area contributed by atoms with Gasteiger partial charge in [-0.3, -0.25) is 9.10 Å². The van der Waals surface area contributed by atoms with Crippen molar-refractivity contribution in [2.24, 2.45) is 0 Å². The van der Waals surface area contributed by atoms with Gasteiger partial charge in [-0.25, -0.2) is 13.2 Å². The maximum atomic E-state index is 12.9. The van der Waals surface area contributed by atoms with E-state index in [0.29, 0.717) is 5.69 Å². The van der Waals surface area contributed by atoms with Crippen LogP contribution in [-0.4, -0.2) is 33.9 Å². The highest BCUT2D eigenvalue weighted by atomic mass is 32.2. The summed E-state index contributed by atoms with van der Waals surface area (Å²) in [6.07, 6.45) is 2.81. The quantitative estimate of drug-likeness (QED) is 0.521. The number of para-hydroxylation sites is 1. The molecule has 1 aliphatic rings. The lowest BCUT2D eigenvalue weighted by Crippen LogP contribution is -2.34. The van der Waals surface area contributed by atoms with E-state index in [1.807, 2.05) is 18.2 Å².